The lowest BCUT2D eigenvalue weighted by atomic mass is 10.1. The van der Waals surface area contributed by atoms with Crippen LogP contribution in [0.5, 0.6) is 0 Å². The summed E-state index contributed by atoms with van der Waals surface area (Å²) in [5.41, 5.74) is 2.26. The summed E-state index contributed by atoms with van der Waals surface area (Å²) in [7, 11) is 0. The van der Waals surface area contributed by atoms with Crippen LogP contribution in [0.4, 0.5) is 0 Å². The van der Waals surface area contributed by atoms with E-state index in [1.165, 1.54) is 5.56 Å². The molecule has 1 saturated carbocycles. The van der Waals surface area contributed by atoms with E-state index in [1.807, 2.05) is 31.2 Å². The molecule has 0 heterocycles. The maximum Gasteiger partial charge on any atom is 0.309 e. The average molecular weight is 260 g/mol. The minimum Gasteiger partial charge on any atom is -0.345 e. The molecule has 19 heavy (non-hydrogen) atoms. The molecule has 0 bridgehead atoms. The van der Waals surface area contributed by atoms with Crippen LogP contribution in [0.25, 0.3) is 0 Å². The van der Waals surface area contributed by atoms with Crippen molar-refractivity contribution in [3.8, 4) is 0 Å². The predicted octanol–water partition coefficient (Wildman–Crippen LogP) is 1.70. The van der Waals surface area contributed by atoms with Gasteiger partial charge in [-0.15, -0.1) is 0 Å². The summed E-state index contributed by atoms with van der Waals surface area (Å²) in [5.74, 6) is -1.08. The topological polar surface area (TPSA) is 58.2 Å². The summed E-state index contributed by atoms with van der Waals surface area (Å²) in [5, 5.41) is 5.39. The van der Waals surface area contributed by atoms with E-state index in [-0.39, 0.29) is 12.1 Å². The van der Waals surface area contributed by atoms with E-state index in [9.17, 15) is 9.59 Å². The van der Waals surface area contributed by atoms with Gasteiger partial charge in [-0.3, -0.25) is 9.59 Å². The smallest absolute Gasteiger partial charge is 0.309 e. The molecule has 2 rings (SSSR count). The van der Waals surface area contributed by atoms with Crippen LogP contribution in [-0.4, -0.2) is 17.9 Å². The highest BCUT2D eigenvalue weighted by Crippen LogP contribution is 2.18. The average Bonchev–Trinajstić information content (AvgIpc) is 3.22. The van der Waals surface area contributed by atoms with E-state index in [4.69, 9.17) is 0 Å². The second-order valence-corrected chi connectivity index (χ2v) is 5.04. The first-order valence-electron chi connectivity index (χ1n) is 6.80. The Morgan fingerprint density at radius 2 is 1.84 bits per heavy atom. The fourth-order valence-corrected chi connectivity index (χ4v) is 1.87. The first-order chi connectivity index (χ1) is 9.10. The monoisotopic (exact) mass is 260 g/mol. The lowest BCUT2D eigenvalue weighted by molar-refractivity contribution is -0.139. The van der Waals surface area contributed by atoms with Gasteiger partial charge in [0.2, 0.25) is 0 Å². The Balaban J connectivity index is 1.89. The van der Waals surface area contributed by atoms with Crippen LogP contribution >= 0.6 is 0 Å². The number of aryl methyl sites for hydroxylation is 1. The van der Waals surface area contributed by atoms with Crippen LogP contribution in [0.1, 0.15) is 43.9 Å². The lowest BCUT2D eigenvalue weighted by Crippen LogP contribution is -2.41. The van der Waals surface area contributed by atoms with Gasteiger partial charge in [-0.1, -0.05) is 31.2 Å². The molecule has 4 nitrogen and oxygen atoms in total. The Hall–Kier alpha value is -1.84. The van der Waals surface area contributed by atoms with E-state index in [2.05, 4.69) is 17.6 Å². The van der Waals surface area contributed by atoms with Crippen molar-refractivity contribution in [2.75, 3.05) is 0 Å². The van der Waals surface area contributed by atoms with Crippen molar-refractivity contribution in [3.05, 3.63) is 35.4 Å². The van der Waals surface area contributed by atoms with Gasteiger partial charge in [0.15, 0.2) is 0 Å². The highest BCUT2D eigenvalue weighted by molar-refractivity contribution is 6.35. The fraction of sp³-hybridized carbons (Fsp3) is 0.467. The third kappa shape index (κ3) is 3.81. The minimum atomic E-state index is -0.557. The van der Waals surface area contributed by atoms with Crippen LogP contribution in [0.3, 0.4) is 0 Å². The Labute approximate surface area is 113 Å². The van der Waals surface area contributed by atoms with Crippen molar-refractivity contribution < 1.29 is 9.59 Å². The van der Waals surface area contributed by atoms with Crippen molar-refractivity contribution in [1.29, 1.82) is 0 Å². The summed E-state index contributed by atoms with van der Waals surface area (Å²) in [4.78, 5) is 23.2. The van der Waals surface area contributed by atoms with Gasteiger partial charge >= 0.3 is 11.8 Å². The number of nitrogens with one attached hydrogen (secondary N) is 2. The number of amides is 2. The van der Waals surface area contributed by atoms with Gasteiger partial charge in [0.05, 0.1) is 6.04 Å². The summed E-state index contributed by atoms with van der Waals surface area (Å²) in [6.07, 6.45) is 2.95. The molecule has 0 spiro atoms. The van der Waals surface area contributed by atoms with Gasteiger partial charge in [0.25, 0.3) is 0 Å². The molecule has 102 valence electrons. The third-order valence-electron chi connectivity index (χ3n) is 3.35. The molecule has 0 saturated heterocycles. The standard InChI is InChI=1S/C15H20N2O2/c1-3-11-4-6-12(7-5-11)10(2)16-14(18)15(19)17-13-8-9-13/h4-7,10,13H,3,8-9H2,1-2H3,(H,16,18)(H,17,19). The maximum absolute atomic E-state index is 11.7. The number of rotatable bonds is 4. The van der Waals surface area contributed by atoms with Crippen molar-refractivity contribution in [2.45, 2.75) is 45.2 Å². The molecule has 1 unspecified atom stereocenters. The molecular weight excluding hydrogens is 240 g/mol. The Morgan fingerprint density at radius 3 is 2.37 bits per heavy atom. The Bertz CT molecular complexity index is 464. The summed E-state index contributed by atoms with van der Waals surface area (Å²) >= 11 is 0. The molecule has 0 radical (unpaired) electrons. The van der Waals surface area contributed by atoms with Gasteiger partial charge in [0, 0.05) is 6.04 Å². The van der Waals surface area contributed by atoms with Crippen molar-refractivity contribution in [3.63, 3.8) is 0 Å². The highest BCUT2D eigenvalue weighted by Gasteiger charge is 2.26. The van der Waals surface area contributed by atoms with Crippen molar-refractivity contribution in [1.82, 2.24) is 10.6 Å². The molecule has 1 atom stereocenters. The van der Waals surface area contributed by atoms with Crippen LogP contribution in [-0.2, 0) is 16.0 Å². The predicted molar refractivity (Wildman–Crippen MR) is 73.5 cm³/mol. The number of carbonyl (C=O) groups is 2. The molecule has 0 aliphatic heterocycles. The normalized spacial score (nSPS) is 15.7. The zero-order valence-electron chi connectivity index (χ0n) is 11.4. The van der Waals surface area contributed by atoms with Crippen molar-refractivity contribution in [2.24, 2.45) is 0 Å². The molecule has 1 aromatic rings. The molecule has 1 aliphatic carbocycles. The molecule has 1 aromatic carbocycles. The van der Waals surface area contributed by atoms with E-state index in [0.29, 0.717) is 0 Å². The number of hydrogen-bond donors (Lipinski definition) is 2. The van der Waals surface area contributed by atoms with Gasteiger partial charge < -0.3 is 10.6 Å². The van der Waals surface area contributed by atoms with Crippen LogP contribution in [0.15, 0.2) is 24.3 Å². The van der Waals surface area contributed by atoms with Gasteiger partial charge in [-0.05, 0) is 37.3 Å². The van der Waals surface area contributed by atoms with E-state index < -0.39 is 11.8 Å². The van der Waals surface area contributed by atoms with Gasteiger partial charge in [-0.25, -0.2) is 0 Å². The quantitative estimate of drug-likeness (QED) is 0.810. The number of hydrogen-bond acceptors (Lipinski definition) is 2. The summed E-state index contributed by atoms with van der Waals surface area (Å²) in [6, 6.07) is 8.11. The number of benzene rings is 1. The zero-order chi connectivity index (χ0) is 13.8. The lowest BCUT2D eigenvalue weighted by Gasteiger charge is -2.14. The summed E-state index contributed by atoms with van der Waals surface area (Å²) < 4.78 is 0. The molecule has 4 heteroatoms. The Morgan fingerprint density at radius 1 is 1.21 bits per heavy atom. The van der Waals surface area contributed by atoms with Crippen LogP contribution in [0, 0.1) is 0 Å². The Kier molecular flexibility index (Phi) is 4.20. The van der Waals surface area contributed by atoms with Crippen molar-refractivity contribution >= 4 is 11.8 Å². The first kappa shape index (κ1) is 13.6. The third-order valence-corrected chi connectivity index (χ3v) is 3.35. The first-order valence-corrected chi connectivity index (χ1v) is 6.80. The second-order valence-electron chi connectivity index (χ2n) is 5.04. The SMILES string of the molecule is CCc1ccc(C(C)NC(=O)C(=O)NC2CC2)cc1. The van der Waals surface area contributed by atoms with E-state index in [0.717, 1.165) is 24.8 Å². The molecule has 1 aliphatic rings. The fourth-order valence-electron chi connectivity index (χ4n) is 1.87. The van der Waals surface area contributed by atoms with E-state index >= 15 is 0 Å². The molecular formula is C15H20N2O2. The summed E-state index contributed by atoms with van der Waals surface area (Å²) in [6.45, 7) is 3.98. The number of carbonyl (C=O) groups excluding carboxylic acids is 2. The van der Waals surface area contributed by atoms with Gasteiger partial charge in [0.1, 0.15) is 0 Å². The maximum atomic E-state index is 11.7. The minimum absolute atomic E-state index is 0.164. The zero-order valence-corrected chi connectivity index (χ0v) is 11.4. The largest absolute Gasteiger partial charge is 0.345 e. The molecule has 1 fully saturated rings. The molecule has 2 N–H and O–H groups in total. The second kappa shape index (κ2) is 5.87. The van der Waals surface area contributed by atoms with Crippen LogP contribution < -0.4 is 10.6 Å². The molecule has 0 aromatic heterocycles. The van der Waals surface area contributed by atoms with Crippen LogP contribution in [0.2, 0.25) is 0 Å². The van der Waals surface area contributed by atoms with E-state index in [1.54, 1.807) is 0 Å². The molecule has 2 amide bonds. The van der Waals surface area contributed by atoms with Gasteiger partial charge in [-0.2, -0.15) is 0 Å². The highest BCUT2D eigenvalue weighted by atomic mass is 16.2.